The van der Waals surface area contributed by atoms with Gasteiger partial charge in [0.2, 0.25) is 5.75 Å². The van der Waals surface area contributed by atoms with E-state index in [4.69, 9.17) is 14.2 Å². The van der Waals surface area contributed by atoms with Gasteiger partial charge >= 0.3 is 6.18 Å². The van der Waals surface area contributed by atoms with Crippen molar-refractivity contribution in [3.8, 4) is 17.2 Å². The number of allylic oxidation sites excluding steroid dienone is 1. The second kappa shape index (κ2) is 8.48. The molecule has 0 amide bonds. The highest BCUT2D eigenvalue weighted by Gasteiger charge is 2.30. The molecule has 0 radical (unpaired) electrons. The van der Waals surface area contributed by atoms with Crippen molar-refractivity contribution in [3.63, 3.8) is 0 Å². The third kappa shape index (κ3) is 4.93. The lowest BCUT2D eigenvalue weighted by atomic mass is 10.1. The molecule has 0 saturated carbocycles. The van der Waals surface area contributed by atoms with Gasteiger partial charge in [0.25, 0.3) is 0 Å². The van der Waals surface area contributed by atoms with Gasteiger partial charge in [0, 0.05) is 23.5 Å². The highest BCUT2D eigenvalue weighted by molar-refractivity contribution is 6.05. The molecule has 2 rings (SSSR count). The molecule has 1 N–H and O–H groups in total. The van der Waals surface area contributed by atoms with E-state index in [1.807, 2.05) is 0 Å². The molecule has 0 aliphatic rings. The lowest BCUT2D eigenvalue weighted by Crippen LogP contribution is -2.05. The van der Waals surface area contributed by atoms with Crippen LogP contribution in [0.4, 0.5) is 18.9 Å². The average Bonchev–Trinajstić information content (AvgIpc) is 2.66. The number of alkyl halides is 3. The van der Waals surface area contributed by atoms with Crippen LogP contribution in [0.5, 0.6) is 17.2 Å². The van der Waals surface area contributed by atoms with Crippen LogP contribution in [0.1, 0.15) is 15.9 Å². The molecule has 0 unspecified atom stereocenters. The highest BCUT2D eigenvalue weighted by Crippen LogP contribution is 2.38. The van der Waals surface area contributed by atoms with Crippen LogP contribution in [0.2, 0.25) is 0 Å². The fraction of sp³-hybridized carbons (Fsp3) is 0.211. The fourth-order valence-electron chi connectivity index (χ4n) is 2.32. The van der Waals surface area contributed by atoms with Crippen LogP contribution in [0.15, 0.2) is 48.7 Å². The number of nitrogens with one attached hydrogen (secondary N) is 1. The normalized spacial score (nSPS) is 11.3. The van der Waals surface area contributed by atoms with E-state index >= 15 is 0 Å². The van der Waals surface area contributed by atoms with Crippen molar-refractivity contribution in [2.24, 2.45) is 0 Å². The summed E-state index contributed by atoms with van der Waals surface area (Å²) < 4.78 is 53.7. The molecule has 0 saturated heterocycles. The Morgan fingerprint density at radius 2 is 1.63 bits per heavy atom. The average molecular weight is 381 g/mol. The lowest BCUT2D eigenvalue weighted by molar-refractivity contribution is -0.137. The predicted molar refractivity (Wildman–Crippen MR) is 94.6 cm³/mol. The first kappa shape index (κ1) is 20.2. The van der Waals surface area contributed by atoms with Gasteiger partial charge in [-0.2, -0.15) is 13.2 Å². The molecule has 144 valence electrons. The summed E-state index contributed by atoms with van der Waals surface area (Å²) >= 11 is 0. The summed E-state index contributed by atoms with van der Waals surface area (Å²) in [4.78, 5) is 12.3. The molecule has 27 heavy (non-hydrogen) atoms. The molecule has 0 aromatic heterocycles. The van der Waals surface area contributed by atoms with Gasteiger partial charge in [0.05, 0.1) is 26.9 Å². The van der Waals surface area contributed by atoms with Crippen molar-refractivity contribution in [1.29, 1.82) is 0 Å². The molecular weight excluding hydrogens is 363 g/mol. The summed E-state index contributed by atoms with van der Waals surface area (Å²) in [6.45, 7) is 0. The summed E-state index contributed by atoms with van der Waals surface area (Å²) in [5.74, 6) is 0.593. The molecule has 2 aromatic rings. The van der Waals surface area contributed by atoms with Crippen LogP contribution in [-0.2, 0) is 6.18 Å². The molecule has 0 spiro atoms. The van der Waals surface area contributed by atoms with Crippen LogP contribution >= 0.6 is 0 Å². The third-order valence-electron chi connectivity index (χ3n) is 3.62. The number of rotatable bonds is 7. The van der Waals surface area contributed by atoms with E-state index < -0.39 is 17.5 Å². The topological polar surface area (TPSA) is 56.8 Å². The van der Waals surface area contributed by atoms with Gasteiger partial charge in [0.1, 0.15) is 0 Å². The number of methoxy groups -OCH3 is 3. The molecule has 5 nitrogen and oxygen atoms in total. The molecular formula is C19H18F3NO4. The number of ketones is 1. The zero-order valence-electron chi connectivity index (χ0n) is 14.9. The Morgan fingerprint density at radius 3 is 2.15 bits per heavy atom. The van der Waals surface area contributed by atoms with Gasteiger partial charge in [-0.15, -0.1) is 0 Å². The number of hydrogen-bond donors (Lipinski definition) is 1. The fourth-order valence-corrected chi connectivity index (χ4v) is 2.32. The number of halogens is 3. The van der Waals surface area contributed by atoms with Gasteiger partial charge in [-0.1, -0.05) is 6.07 Å². The van der Waals surface area contributed by atoms with E-state index in [1.54, 1.807) is 0 Å². The van der Waals surface area contributed by atoms with E-state index in [0.29, 0.717) is 17.2 Å². The third-order valence-corrected chi connectivity index (χ3v) is 3.62. The van der Waals surface area contributed by atoms with Crippen LogP contribution < -0.4 is 19.5 Å². The Morgan fingerprint density at radius 1 is 1.00 bits per heavy atom. The van der Waals surface area contributed by atoms with Gasteiger partial charge in [0.15, 0.2) is 17.3 Å². The second-order valence-electron chi connectivity index (χ2n) is 5.33. The van der Waals surface area contributed by atoms with Crippen molar-refractivity contribution in [1.82, 2.24) is 0 Å². The quantitative estimate of drug-likeness (QED) is 0.564. The maximum absolute atomic E-state index is 12.7. The van der Waals surface area contributed by atoms with Crippen LogP contribution in [0.3, 0.4) is 0 Å². The summed E-state index contributed by atoms with van der Waals surface area (Å²) in [6.07, 6.45) is -1.98. The standard InChI is InChI=1S/C19H18F3NO4/c1-25-16-9-12(10-17(26-2)18(16)27-3)15(24)7-8-23-14-6-4-5-13(11-14)19(20,21)22/h4-11,23H,1-3H3. The van der Waals surface area contributed by atoms with Crippen molar-refractivity contribution in [2.75, 3.05) is 26.6 Å². The number of anilines is 1. The van der Waals surface area contributed by atoms with Crippen molar-refractivity contribution in [2.45, 2.75) is 6.18 Å². The molecule has 0 aliphatic carbocycles. The summed E-state index contributed by atoms with van der Waals surface area (Å²) in [6, 6.07) is 7.63. The monoisotopic (exact) mass is 381 g/mol. The number of hydrogen-bond acceptors (Lipinski definition) is 5. The first-order valence-electron chi connectivity index (χ1n) is 7.74. The molecule has 8 heteroatoms. The first-order chi connectivity index (χ1) is 12.8. The van der Waals surface area contributed by atoms with E-state index in [9.17, 15) is 18.0 Å². The maximum atomic E-state index is 12.7. The molecule has 0 fully saturated rings. The largest absolute Gasteiger partial charge is 0.493 e. The minimum atomic E-state index is -4.44. The van der Waals surface area contributed by atoms with E-state index in [-0.39, 0.29) is 11.3 Å². The van der Waals surface area contributed by atoms with Crippen molar-refractivity contribution < 1.29 is 32.2 Å². The number of carbonyl (C=O) groups excluding carboxylic acids is 1. The predicted octanol–water partition coefficient (Wildman–Crippen LogP) is 4.54. The molecule has 0 bridgehead atoms. The lowest BCUT2D eigenvalue weighted by Gasteiger charge is -2.13. The van der Waals surface area contributed by atoms with E-state index in [2.05, 4.69) is 5.32 Å². The minimum Gasteiger partial charge on any atom is -0.493 e. The Bertz CT molecular complexity index is 822. The number of carbonyl (C=O) groups is 1. The van der Waals surface area contributed by atoms with Gasteiger partial charge in [-0.25, -0.2) is 0 Å². The second-order valence-corrected chi connectivity index (χ2v) is 5.33. The van der Waals surface area contributed by atoms with E-state index in [1.165, 1.54) is 57.9 Å². The minimum absolute atomic E-state index is 0.207. The Hall–Kier alpha value is -3.16. The Balaban J connectivity index is 2.18. The molecule has 0 aliphatic heterocycles. The van der Waals surface area contributed by atoms with Crippen LogP contribution in [0.25, 0.3) is 0 Å². The zero-order valence-corrected chi connectivity index (χ0v) is 14.9. The summed E-state index contributed by atoms with van der Waals surface area (Å²) in [5, 5.41) is 2.65. The maximum Gasteiger partial charge on any atom is 0.416 e. The van der Waals surface area contributed by atoms with Gasteiger partial charge in [-0.3, -0.25) is 4.79 Å². The highest BCUT2D eigenvalue weighted by atomic mass is 19.4. The summed E-state index contributed by atoms with van der Waals surface area (Å²) in [7, 11) is 4.30. The SMILES string of the molecule is COc1cc(C(=O)C=CNc2cccc(C(F)(F)F)c2)cc(OC)c1OC. The number of benzene rings is 2. The molecule has 0 atom stereocenters. The number of ether oxygens (including phenoxy) is 3. The molecule has 0 heterocycles. The Labute approximate surface area is 154 Å². The van der Waals surface area contributed by atoms with Gasteiger partial charge in [-0.05, 0) is 30.3 Å². The van der Waals surface area contributed by atoms with Crippen molar-refractivity contribution >= 4 is 11.5 Å². The van der Waals surface area contributed by atoms with E-state index in [0.717, 1.165) is 12.1 Å². The Kier molecular flexibility index (Phi) is 6.33. The first-order valence-corrected chi connectivity index (χ1v) is 7.74. The van der Waals surface area contributed by atoms with Crippen LogP contribution in [0, 0.1) is 0 Å². The van der Waals surface area contributed by atoms with Crippen molar-refractivity contribution in [3.05, 3.63) is 59.8 Å². The van der Waals surface area contributed by atoms with Crippen LogP contribution in [-0.4, -0.2) is 27.1 Å². The molecule has 2 aromatic carbocycles. The van der Waals surface area contributed by atoms with Gasteiger partial charge < -0.3 is 19.5 Å². The summed E-state index contributed by atoms with van der Waals surface area (Å²) in [5.41, 5.74) is -0.304. The zero-order chi connectivity index (χ0) is 20.0. The smallest absolute Gasteiger partial charge is 0.416 e.